The van der Waals surface area contributed by atoms with Gasteiger partial charge in [-0.15, -0.1) is 0 Å². The number of nitrogens with zero attached hydrogens (tertiary/aromatic N) is 1. The van der Waals surface area contributed by atoms with Crippen molar-refractivity contribution < 1.29 is 4.39 Å². The summed E-state index contributed by atoms with van der Waals surface area (Å²) < 4.78 is 13.5. The Morgan fingerprint density at radius 3 is 2.61 bits per heavy atom. The highest BCUT2D eigenvalue weighted by molar-refractivity contribution is 6.37. The highest BCUT2D eigenvalue weighted by atomic mass is 35.5. The van der Waals surface area contributed by atoms with E-state index in [1.807, 2.05) is 0 Å². The van der Waals surface area contributed by atoms with Crippen LogP contribution < -0.4 is 5.32 Å². The van der Waals surface area contributed by atoms with Crippen LogP contribution in [0.3, 0.4) is 0 Å². The molecule has 2 nitrogen and oxygen atoms in total. The van der Waals surface area contributed by atoms with E-state index in [1.54, 1.807) is 32.2 Å². The molecule has 0 bridgehead atoms. The number of rotatable bonds is 2. The lowest BCUT2D eigenvalue weighted by molar-refractivity contribution is 0.619. The fourth-order valence-electron chi connectivity index (χ4n) is 1.69. The third kappa shape index (κ3) is 2.28. The summed E-state index contributed by atoms with van der Waals surface area (Å²) in [5.41, 5.74) is 1.69. The molecule has 1 aromatic heterocycles. The number of pyridine rings is 1. The number of anilines is 1. The van der Waals surface area contributed by atoms with E-state index < -0.39 is 0 Å². The molecular formula is C13H11Cl2FN2. The summed E-state index contributed by atoms with van der Waals surface area (Å²) in [5, 5.41) is 3.70. The Bertz CT molecular complexity index is 600. The van der Waals surface area contributed by atoms with Gasteiger partial charge in [-0.1, -0.05) is 35.3 Å². The summed E-state index contributed by atoms with van der Waals surface area (Å²) in [5.74, 6) is 0.228. The summed E-state index contributed by atoms with van der Waals surface area (Å²) in [6.45, 7) is 1.69. The fourth-order valence-corrected chi connectivity index (χ4v) is 2.25. The maximum atomic E-state index is 13.5. The summed E-state index contributed by atoms with van der Waals surface area (Å²) >= 11 is 12.1. The molecule has 1 aromatic carbocycles. The third-order valence-electron chi connectivity index (χ3n) is 2.69. The lowest BCUT2D eigenvalue weighted by Crippen LogP contribution is -1.97. The van der Waals surface area contributed by atoms with Crippen LogP contribution in [-0.4, -0.2) is 12.0 Å². The van der Waals surface area contributed by atoms with Crippen molar-refractivity contribution in [2.45, 2.75) is 6.92 Å². The Balaban J connectivity index is 2.67. The van der Waals surface area contributed by atoms with Gasteiger partial charge in [-0.05, 0) is 24.6 Å². The summed E-state index contributed by atoms with van der Waals surface area (Å²) in [6, 6.07) is 6.41. The average molecular weight is 285 g/mol. The van der Waals surface area contributed by atoms with Crippen molar-refractivity contribution in [1.82, 2.24) is 4.98 Å². The smallest absolute Gasteiger partial charge is 0.145 e. The van der Waals surface area contributed by atoms with E-state index in [2.05, 4.69) is 10.3 Å². The zero-order valence-corrected chi connectivity index (χ0v) is 11.4. The van der Waals surface area contributed by atoms with Gasteiger partial charge in [0, 0.05) is 12.6 Å². The molecule has 0 unspecified atom stereocenters. The van der Waals surface area contributed by atoms with Crippen LogP contribution in [0.4, 0.5) is 10.2 Å². The molecule has 0 fully saturated rings. The van der Waals surface area contributed by atoms with Crippen molar-refractivity contribution in [3.8, 4) is 11.3 Å². The van der Waals surface area contributed by atoms with Gasteiger partial charge in [-0.3, -0.25) is 0 Å². The van der Waals surface area contributed by atoms with Gasteiger partial charge in [0.1, 0.15) is 11.6 Å². The summed E-state index contributed by atoms with van der Waals surface area (Å²) in [4.78, 5) is 4.32. The molecule has 18 heavy (non-hydrogen) atoms. The maximum absolute atomic E-state index is 13.5. The van der Waals surface area contributed by atoms with Crippen molar-refractivity contribution in [2.75, 3.05) is 12.4 Å². The molecule has 2 rings (SSSR count). The summed E-state index contributed by atoms with van der Waals surface area (Å²) in [7, 11) is 1.71. The zero-order valence-electron chi connectivity index (χ0n) is 9.89. The van der Waals surface area contributed by atoms with E-state index in [9.17, 15) is 4.39 Å². The van der Waals surface area contributed by atoms with Crippen LogP contribution in [0.15, 0.2) is 24.3 Å². The van der Waals surface area contributed by atoms with E-state index in [-0.39, 0.29) is 5.82 Å². The Morgan fingerprint density at radius 2 is 1.94 bits per heavy atom. The molecule has 94 valence electrons. The molecule has 0 atom stereocenters. The van der Waals surface area contributed by atoms with Gasteiger partial charge in [0.15, 0.2) is 0 Å². The number of hydrogen-bond acceptors (Lipinski definition) is 2. The number of hydrogen-bond donors (Lipinski definition) is 1. The Kier molecular flexibility index (Phi) is 3.73. The first-order chi connectivity index (χ1) is 8.54. The van der Waals surface area contributed by atoms with Crippen LogP contribution in [-0.2, 0) is 0 Å². The topological polar surface area (TPSA) is 24.9 Å². The number of benzene rings is 1. The van der Waals surface area contributed by atoms with Crippen molar-refractivity contribution in [2.24, 2.45) is 0 Å². The minimum absolute atomic E-state index is 0.286. The molecule has 0 radical (unpaired) electrons. The van der Waals surface area contributed by atoms with Gasteiger partial charge >= 0.3 is 0 Å². The van der Waals surface area contributed by atoms with E-state index in [0.717, 1.165) is 0 Å². The van der Waals surface area contributed by atoms with Crippen molar-refractivity contribution >= 4 is 29.0 Å². The average Bonchev–Trinajstić information content (AvgIpc) is 2.34. The Hall–Kier alpha value is -1.32. The van der Waals surface area contributed by atoms with Crippen molar-refractivity contribution in [1.29, 1.82) is 0 Å². The predicted molar refractivity (Wildman–Crippen MR) is 73.9 cm³/mol. The third-order valence-corrected chi connectivity index (χ3v) is 3.27. The van der Waals surface area contributed by atoms with Gasteiger partial charge < -0.3 is 5.32 Å². The van der Waals surface area contributed by atoms with Crippen molar-refractivity contribution in [3.63, 3.8) is 0 Å². The largest absolute Gasteiger partial charge is 0.372 e. The first kappa shape index (κ1) is 13.1. The molecule has 5 heteroatoms. The molecule has 0 aliphatic rings. The second-order valence-electron chi connectivity index (χ2n) is 3.81. The molecular weight excluding hydrogens is 274 g/mol. The van der Waals surface area contributed by atoms with Crippen LogP contribution >= 0.6 is 23.2 Å². The minimum atomic E-state index is -0.286. The Morgan fingerprint density at radius 1 is 1.22 bits per heavy atom. The molecule has 0 aliphatic carbocycles. The van der Waals surface area contributed by atoms with Crippen LogP contribution in [0, 0.1) is 12.7 Å². The highest BCUT2D eigenvalue weighted by Gasteiger charge is 2.13. The second kappa shape index (κ2) is 5.12. The van der Waals surface area contributed by atoms with E-state index >= 15 is 0 Å². The van der Waals surface area contributed by atoms with E-state index in [1.165, 1.54) is 6.07 Å². The van der Waals surface area contributed by atoms with Gasteiger partial charge in [0.05, 0.1) is 15.7 Å². The SMILES string of the molecule is CNc1nc(-c2cccc(F)c2C)c(Cl)cc1Cl. The second-order valence-corrected chi connectivity index (χ2v) is 4.63. The van der Waals surface area contributed by atoms with Gasteiger partial charge in [-0.25, -0.2) is 9.37 Å². The number of nitrogens with one attached hydrogen (secondary N) is 1. The van der Waals surface area contributed by atoms with Gasteiger partial charge in [-0.2, -0.15) is 0 Å². The van der Waals surface area contributed by atoms with Crippen LogP contribution in [0.5, 0.6) is 0 Å². The lowest BCUT2D eigenvalue weighted by atomic mass is 10.0. The van der Waals surface area contributed by atoms with Gasteiger partial charge in [0.25, 0.3) is 0 Å². The zero-order chi connectivity index (χ0) is 13.3. The van der Waals surface area contributed by atoms with Crippen LogP contribution in [0.1, 0.15) is 5.56 Å². The molecule has 1 N–H and O–H groups in total. The molecule has 0 aliphatic heterocycles. The van der Waals surface area contributed by atoms with E-state index in [4.69, 9.17) is 23.2 Å². The molecule has 1 heterocycles. The number of halogens is 3. The molecule has 0 saturated carbocycles. The minimum Gasteiger partial charge on any atom is -0.372 e. The maximum Gasteiger partial charge on any atom is 0.145 e. The monoisotopic (exact) mass is 284 g/mol. The van der Waals surface area contributed by atoms with Crippen LogP contribution in [0.25, 0.3) is 11.3 Å². The van der Waals surface area contributed by atoms with E-state index in [0.29, 0.717) is 32.7 Å². The Labute approximate surface area is 115 Å². The molecule has 2 aromatic rings. The molecule has 0 amide bonds. The van der Waals surface area contributed by atoms with Gasteiger partial charge in [0.2, 0.25) is 0 Å². The lowest BCUT2D eigenvalue weighted by Gasteiger charge is -2.11. The quantitative estimate of drug-likeness (QED) is 0.875. The highest BCUT2D eigenvalue weighted by Crippen LogP contribution is 2.34. The first-order valence-electron chi connectivity index (χ1n) is 5.34. The molecule has 0 spiro atoms. The number of aromatic nitrogens is 1. The van der Waals surface area contributed by atoms with Crippen LogP contribution in [0.2, 0.25) is 10.0 Å². The molecule has 0 saturated heterocycles. The normalized spacial score (nSPS) is 10.5. The summed E-state index contributed by atoms with van der Waals surface area (Å²) in [6.07, 6.45) is 0. The fraction of sp³-hybridized carbons (Fsp3) is 0.154. The standard InChI is InChI=1S/C13H11Cl2FN2/c1-7-8(4-3-5-11(7)16)12-9(14)6-10(15)13(17-2)18-12/h3-6H,1-2H3,(H,17,18). The van der Waals surface area contributed by atoms with Crippen molar-refractivity contribution in [3.05, 3.63) is 45.7 Å². The first-order valence-corrected chi connectivity index (χ1v) is 6.09. The predicted octanol–water partition coefficient (Wildman–Crippen LogP) is 4.54.